The van der Waals surface area contributed by atoms with E-state index >= 15 is 0 Å². The molecule has 2 aliphatic rings. The molecular formula is C29H31NO8. The van der Waals surface area contributed by atoms with E-state index in [1.807, 2.05) is 42.5 Å². The zero-order chi connectivity index (χ0) is 26.8. The highest BCUT2D eigenvalue weighted by atomic mass is 16.7. The first kappa shape index (κ1) is 25.7. The van der Waals surface area contributed by atoms with Gasteiger partial charge in [0.25, 0.3) is 0 Å². The summed E-state index contributed by atoms with van der Waals surface area (Å²) >= 11 is 0. The Labute approximate surface area is 221 Å². The van der Waals surface area contributed by atoms with E-state index in [0.717, 1.165) is 5.56 Å². The number of ether oxygens (including phenoxy) is 7. The van der Waals surface area contributed by atoms with Crippen molar-refractivity contribution in [3.8, 4) is 39.9 Å². The number of methoxy groups -OCH3 is 4. The molecule has 9 nitrogen and oxygen atoms in total. The molecule has 5 rings (SSSR count). The summed E-state index contributed by atoms with van der Waals surface area (Å²) < 4.78 is 40.6. The van der Waals surface area contributed by atoms with E-state index in [0.29, 0.717) is 63.5 Å². The number of aliphatic hydroxyl groups excluding tert-OH is 1. The molecule has 1 N–H and O–H groups in total. The average molecular weight is 522 g/mol. The van der Waals surface area contributed by atoms with Gasteiger partial charge in [-0.2, -0.15) is 0 Å². The Morgan fingerprint density at radius 1 is 0.921 bits per heavy atom. The van der Waals surface area contributed by atoms with Gasteiger partial charge in [0, 0.05) is 12.7 Å². The first-order chi connectivity index (χ1) is 18.5. The monoisotopic (exact) mass is 521 g/mol. The van der Waals surface area contributed by atoms with E-state index in [1.165, 1.54) is 0 Å². The van der Waals surface area contributed by atoms with Crippen LogP contribution in [0.2, 0.25) is 0 Å². The second kappa shape index (κ2) is 10.8. The fourth-order valence-electron chi connectivity index (χ4n) is 4.92. The van der Waals surface area contributed by atoms with Crippen LogP contribution in [0.4, 0.5) is 0 Å². The zero-order valence-corrected chi connectivity index (χ0v) is 22.0. The SMILES string of the molecule is COCC1N=C(c2cc(OC)c(OC)c(OC)c2-c2cc3c(cc2[C@@H](C)O)OCO3)O[C@H]1c1ccccc1. The Bertz CT molecular complexity index is 1340. The number of fused-ring (bicyclic) bond motifs is 1. The number of aliphatic hydroxyl groups is 1. The molecule has 2 heterocycles. The summed E-state index contributed by atoms with van der Waals surface area (Å²) in [5, 5.41) is 10.8. The predicted octanol–water partition coefficient (Wildman–Crippen LogP) is 4.69. The van der Waals surface area contributed by atoms with Crippen LogP contribution in [0.25, 0.3) is 11.1 Å². The number of rotatable bonds is 9. The average Bonchev–Trinajstić information content (AvgIpc) is 3.58. The highest BCUT2D eigenvalue weighted by molar-refractivity contribution is 6.05. The van der Waals surface area contributed by atoms with Gasteiger partial charge in [-0.05, 0) is 41.8 Å². The lowest BCUT2D eigenvalue weighted by atomic mass is 9.91. The molecule has 38 heavy (non-hydrogen) atoms. The van der Waals surface area contributed by atoms with Crippen molar-refractivity contribution in [2.45, 2.75) is 25.2 Å². The lowest BCUT2D eigenvalue weighted by Gasteiger charge is -2.23. The Hall–Kier alpha value is -3.95. The maximum Gasteiger partial charge on any atom is 0.231 e. The lowest BCUT2D eigenvalue weighted by Crippen LogP contribution is -2.19. The van der Waals surface area contributed by atoms with Crippen LogP contribution in [0.3, 0.4) is 0 Å². The molecule has 2 aliphatic heterocycles. The van der Waals surface area contributed by atoms with Crippen LogP contribution in [0.15, 0.2) is 53.5 Å². The van der Waals surface area contributed by atoms with Crippen molar-refractivity contribution in [1.29, 1.82) is 0 Å². The number of hydrogen-bond donors (Lipinski definition) is 1. The van der Waals surface area contributed by atoms with E-state index in [1.54, 1.807) is 41.4 Å². The molecule has 0 aliphatic carbocycles. The third-order valence-electron chi connectivity index (χ3n) is 6.66. The molecule has 0 spiro atoms. The maximum atomic E-state index is 10.8. The summed E-state index contributed by atoms with van der Waals surface area (Å²) in [5.41, 5.74) is 3.49. The van der Waals surface area contributed by atoms with Crippen molar-refractivity contribution in [2.24, 2.45) is 4.99 Å². The van der Waals surface area contributed by atoms with Gasteiger partial charge in [0.15, 0.2) is 29.1 Å². The molecule has 0 bridgehead atoms. The molecule has 0 fully saturated rings. The molecule has 0 saturated carbocycles. The predicted molar refractivity (Wildman–Crippen MR) is 141 cm³/mol. The molecule has 0 radical (unpaired) electrons. The van der Waals surface area contributed by atoms with E-state index in [4.69, 9.17) is 38.2 Å². The molecule has 3 atom stereocenters. The quantitative estimate of drug-likeness (QED) is 0.433. The third kappa shape index (κ3) is 4.48. The minimum Gasteiger partial charge on any atom is -0.493 e. The molecule has 0 saturated heterocycles. The summed E-state index contributed by atoms with van der Waals surface area (Å²) in [4.78, 5) is 4.94. The van der Waals surface area contributed by atoms with Crippen LogP contribution in [0, 0.1) is 0 Å². The summed E-state index contributed by atoms with van der Waals surface area (Å²) in [6.45, 7) is 2.16. The molecule has 200 valence electrons. The minimum absolute atomic E-state index is 0.0984. The van der Waals surface area contributed by atoms with Gasteiger partial charge in [0.2, 0.25) is 18.4 Å². The normalized spacial score (nSPS) is 18.5. The van der Waals surface area contributed by atoms with Crippen LogP contribution in [-0.2, 0) is 9.47 Å². The van der Waals surface area contributed by atoms with Crippen LogP contribution >= 0.6 is 0 Å². The van der Waals surface area contributed by atoms with Crippen molar-refractivity contribution in [3.63, 3.8) is 0 Å². The number of benzene rings is 3. The summed E-state index contributed by atoms with van der Waals surface area (Å²) in [7, 11) is 6.29. The van der Waals surface area contributed by atoms with Crippen molar-refractivity contribution >= 4 is 5.90 Å². The standard InChI is InChI=1S/C29H31NO8/c1-16(31)18-11-22-23(37-15-36-22)12-19(18)25-20(13-24(33-3)27(34-4)28(25)35-5)29-30-21(14-32-2)26(38-29)17-9-7-6-8-10-17/h6-13,16,21,26,31H,14-15H2,1-5H3/t16-,21?,26+/m1/s1. The largest absolute Gasteiger partial charge is 0.493 e. The van der Waals surface area contributed by atoms with Gasteiger partial charge in [0.1, 0.15) is 6.04 Å². The van der Waals surface area contributed by atoms with Crippen LogP contribution in [0.5, 0.6) is 28.7 Å². The van der Waals surface area contributed by atoms with Gasteiger partial charge in [0.05, 0.1) is 39.6 Å². The van der Waals surface area contributed by atoms with Crippen molar-refractivity contribution < 1.29 is 38.3 Å². The summed E-state index contributed by atoms with van der Waals surface area (Å²) in [6.07, 6.45) is -1.18. The second-order valence-electron chi connectivity index (χ2n) is 8.94. The Morgan fingerprint density at radius 3 is 2.26 bits per heavy atom. The lowest BCUT2D eigenvalue weighted by molar-refractivity contribution is 0.120. The summed E-state index contributed by atoms with van der Waals surface area (Å²) in [5.74, 6) is 2.75. The van der Waals surface area contributed by atoms with Crippen LogP contribution in [-0.4, -0.2) is 58.9 Å². The maximum absolute atomic E-state index is 10.8. The first-order valence-corrected chi connectivity index (χ1v) is 12.2. The number of nitrogens with zero attached hydrogens (tertiary/aromatic N) is 1. The number of hydrogen-bond acceptors (Lipinski definition) is 9. The fourth-order valence-corrected chi connectivity index (χ4v) is 4.92. The fraction of sp³-hybridized carbons (Fsp3) is 0.345. The molecule has 0 amide bonds. The highest BCUT2D eigenvalue weighted by Gasteiger charge is 2.37. The topological polar surface area (TPSA) is 97.2 Å². The van der Waals surface area contributed by atoms with E-state index in [2.05, 4.69) is 0 Å². The van der Waals surface area contributed by atoms with Gasteiger partial charge < -0.3 is 38.3 Å². The third-order valence-corrected chi connectivity index (χ3v) is 6.66. The Balaban J connectivity index is 1.76. The molecule has 0 aromatic heterocycles. The molecule has 1 unspecified atom stereocenters. The molecule has 3 aromatic carbocycles. The number of aliphatic imine (C=N–C) groups is 1. The smallest absolute Gasteiger partial charge is 0.231 e. The minimum atomic E-state index is -0.824. The van der Waals surface area contributed by atoms with E-state index in [9.17, 15) is 5.11 Å². The molecule has 9 heteroatoms. The second-order valence-corrected chi connectivity index (χ2v) is 8.94. The van der Waals surface area contributed by atoms with Gasteiger partial charge in [-0.3, -0.25) is 0 Å². The Morgan fingerprint density at radius 2 is 1.63 bits per heavy atom. The van der Waals surface area contributed by atoms with Crippen molar-refractivity contribution in [3.05, 3.63) is 65.2 Å². The molecular weight excluding hydrogens is 490 g/mol. The molecule has 3 aromatic rings. The van der Waals surface area contributed by atoms with Crippen molar-refractivity contribution in [2.75, 3.05) is 41.8 Å². The summed E-state index contributed by atoms with van der Waals surface area (Å²) in [6, 6.07) is 15.0. The Kier molecular flexibility index (Phi) is 7.31. The van der Waals surface area contributed by atoms with Gasteiger partial charge in [-0.25, -0.2) is 4.99 Å². The van der Waals surface area contributed by atoms with Gasteiger partial charge >= 0.3 is 0 Å². The zero-order valence-electron chi connectivity index (χ0n) is 22.0. The van der Waals surface area contributed by atoms with E-state index in [-0.39, 0.29) is 18.9 Å². The van der Waals surface area contributed by atoms with Crippen LogP contribution in [0.1, 0.15) is 35.8 Å². The van der Waals surface area contributed by atoms with Gasteiger partial charge in [-0.1, -0.05) is 30.3 Å². The highest BCUT2D eigenvalue weighted by Crippen LogP contribution is 2.51. The van der Waals surface area contributed by atoms with E-state index < -0.39 is 6.10 Å². The first-order valence-electron chi connectivity index (χ1n) is 12.2. The van der Waals surface area contributed by atoms with Gasteiger partial charge in [-0.15, -0.1) is 0 Å². The van der Waals surface area contributed by atoms with Crippen LogP contribution < -0.4 is 23.7 Å². The van der Waals surface area contributed by atoms with Crippen molar-refractivity contribution in [1.82, 2.24) is 0 Å².